The molecule has 0 saturated carbocycles. The first-order valence-electron chi connectivity index (χ1n) is 8.67. The predicted molar refractivity (Wildman–Crippen MR) is 99.9 cm³/mol. The first-order valence-corrected chi connectivity index (χ1v) is 8.67. The lowest BCUT2D eigenvalue weighted by atomic mass is 9.97. The smallest absolute Gasteiger partial charge is 0.0354 e. The minimum Gasteiger partial charge on any atom is -0.100 e. The predicted octanol–water partition coefficient (Wildman–Crippen LogP) is 7.58. The second-order valence-electron chi connectivity index (χ2n) is 5.79. The number of hydrogen-bond donors (Lipinski definition) is 0. The molecular formula is C21H38. The van der Waals surface area contributed by atoms with Gasteiger partial charge in [-0.3, -0.25) is 0 Å². The van der Waals surface area contributed by atoms with Crippen LogP contribution in [0, 0.1) is 12.8 Å². The van der Waals surface area contributed by atoms with Gasteiger partial charge in [0.05, 0.1) is 0 Å². The van der Waals surface area contributed by atoms with Crippen LogP contribution >= 0.6 is 0 Å². The van der Waals surface area contributed by atoms with Crippen LogP contribution in [0.5, 0.6) is 0 Å². The van der Waals surface area contributed by atoms with Crippen molar-refractivity contribution in [1.82, 2.24) is 0 Å². The molecule has 1 aromatic carbocycles. The zero-order chi connectivity index (χ0) is 16.5. The van der Waals surface area contributed by atoms with E-state index >= 15 is 0 Å². The number of unbranched alkanes of at least 4 members (excludes halogenated alkanes) is 1. The van der Waals surface area contributed by atoms with E-state index in [2.05, 4.69) is 53.3 Å². The van der Waals surface area contributed by atoms with Crippen LogP contribution in [0.15, 0.2) is 42.5 Å². The highest BCUT2D eigenvalue weighted by Gasteiger charge is 2.00. The maximum atomic E-state index is 3.67. The Kier molecular flexibility index (Phi) is 18.0. The van der Waals surface area contributed by atoms with Crippen molar-refractivity contribution in [2.24, 2.45) is 5.92 Å². The first kappa shape index (κ1) is 22.2. The molecule has 21 heavy (non-hydrogen) atoms. The maximum absolute atomic E-state index is 3.67. The van der Waals surface area contributed by atoms with Crippen molar-refractivity contribution in [3.8, 4) is 0 Å². The molecule has 0 aliphatic rings. The normalized spacial score (nSPS) is 9.29. The summed E-state index contributed by atoms with van der Waals surface area (Å²) < 4.78 is 0. The molecule has 1 aromatic rings. The third-order valence-corrected chi connectivity index (χ3v) is 3.66. The average Bonchev–Trinajstić information content (AvgIpc) is 2.50. The molecule has 1 rings (SSSR count). The third kappa shape index (κ3) is 19.0. The Morgan fingerprint density at radius 3 is 1.71 bits per heavy atom. The Morgan fingerprint density at radius 2 is 1.48 bits per heavy atom. The molecule has 0 unspecified atom stereocenters. The van der Waals surface area contributed by atoms with Gasteiger partial charge in [-0.05, 0) is 26.2 Å². The highest BCUT2D eigenvalue weighted by molar-refractivity contribution is 5.11. The van der Waals surface area contributed by atoms with Gasteiger partial charge in [0.25, 0.3) is 0 Å². The standard InChI is InChI=1S/C9H20.C7H8.C5H10/c1-4-7-8-9(5-2)6-3;1-7-5-3-2-4-6-7;1-4-5(2)3/h9H,4-8H2,1-3H3;2-6H,1H3;2,4H2,1,3H3. The Bertz CT molecular complexity index is 306. The minimum atomic E-state index is 1.00. The molecule has 0 N–H and O–H groups in total. The van der Waals surface area contributed by atoms with Crippen LogP contribution < -0.4 is 0 Å². The second-order valence-corrected chi connectivity index (χ2v) is 5.79. The molecule has 0 heteroatoms. The van der Waals surface area contributed by atoms with Gasteiger partial charge < -0.3 is 0 Å². The molecule has 0 aliphatic carbocycles. The van der Waals surface area contributed by atoms with Crippen LogP contribution in [0.1, 0.15) is 78.7 Å². The van der Waals surface area contributed by atoms with E-state index in [-0.39, 0.29) is 0 Å². The number of hydrogen-bond acceptors (Lipinski definition) is 0. The Balaban J connectivity index is 0. The number of rotatable bonds is 6. The van der Waals surface area contributed by atoms with Crippen LogP contribution in [0.25, 0.3) is 0 Å². The van der Waals surface area contributed by atoms with Crippen molar-refractivity contribution >= 4 is 0 Å². The van der Waals surface area contributed by atoms with Crippen LogP contribution in [-0.4, -0.2) is 0 Å². The summed E-state index contributed by atoms with van der Waals surface area (Å²) in [7, 11) is 0. The summed E-state index contributed by atoms with van der Waals surface area (Å²) in [5, 5.41) is 0. The number of aryl methyl sites for hydroxylation is 1. The molecule has 0 nitrogen and oxygen atoms in total. The lowest BCUT2D eigenvalue weighted by Gasteiger charge is -2.09. The zero-order valence-electron chi connectivity index (χ0n) is 15.4. The summed E-state index contributed by atoms with van der Waals surface area (Å²) in [4.78, 5) is 0. The van der Waals surface area contributed by atoms with E-state index < -0.39 is 0 Å². The van der Waals surface area contributed by atoms with Gasteiger partial charge in [-0.25, -0.2) is 0 Å². The van der Waals surface area contributed by atoms with Gasteiger partial charge in [0, 0.05) is 0 Å². The van der Waals surface area contributed by atoms with E-state index in [1.807, 2.05) is 25.1 Å². The van der Waals surface area contributed by atoms with E-state index in [0.29, 0.717) is 0 Å². The molecule has 0 aromatic heterocycles. The molecule has 0 radical (unpaired) electrons. The second kappa shape index (κ2) is 17.0. The third-order valence-electron chi connectivity index (χ3n) is 3.66. The molecule has 0 saturated heterocycles. The first-order chi connectivity index (χ1) is 10.0. The Labute approximate surface area is 134 Å². The van der Waals surface area contributed by atoms with Crippen LogP contribution in [0.3, 0.4) is 0 Å². The van der Waals surface area contributed by atoms with E-state index in [0.717, 1.165) is 12.3 Å². The van der Waals surface area contributed by atoms with E-state index in [9.17, 15) is 0 Å². The Hall–Kier alpha value is -1.04. The summed E-state index contributed by atoms with van der Waals surface area (Å²) in [6, 6.07) is 10.3. The SMILES string of the molecule is C=C(C)CC.CCCCC(CC)CC.Cc1ccccc1. The number of benzene rings is 1. The van der Waals surface area contributed by atoms with Crippen molar-refractivity contribution in [2.75, 3.05) is 0 Å². The fourth-order valence-corrected chi connectivity index (χ4v) is 1.72. The summed E-state index contributed by atoms with van der Waals surface area (Å²) >= 11 is 0. The zero-order valence-corrected chi connectivity index (χ0v) is 15.4. The fraction of sp³-hybridized carbons (Fsp3) is 0.619. The molecule has 122 valence electrons. The molecule has 0 bridgehead atoms. The summed E-state index contributed by atoms with van der Waals surface area (Å²) in [5.74, 6) is 1.00. The average molecular weight is 291 g/mol. The monoisotopic (exact) mass is 290 g/mol. The Morgan fingerprint density at radius 1 is 1.00 bits per heavy atom. The molecule has 0 heterocycles. The quantitative estimate of drug-likeness (QED) is 0.474. The van der Waals surface area contributed by atoms with Gasteiger partial charge in [0.15, 0.2) is 0 Å². The largest absolute Gasteiger partial charge is 0.100 e. The molecule has 0 fully saturated rings. The summed E-state index contributed by atoms with van der Waals surface area (Å²) in [6.07, 6.45) is 8.08. The molecular weight excluding hydrogens is 252 g/mol. The summed E-state index contributed by atoms with van der Waals surface area (Å²) in [5.41, 5.74) is 2.58. The number of allylic oxidation sites excluding steroid dienone is 1. The van der Waals surface area contributed by atoms with E-state index in [4.69, 9.17) is 0 Å². The lowest BCUT2D eigenvalue weighted by molar-refractivity contribution is 0.438. The molecule has 0 atom stereocenters. The topological polar surface area (TPSA) is 0 Å². The lowest BCUT2D eigenvalue weighted by Crippen LogP contribution is -1.95. The molecule has 0 spiro atoms. The summed E-state index contributed by atoms with van der Waals surface area (Å²) in [6.45, 7) is 16.7. The molecule has 0 amide bonds. The minimum absolute atomic E-state index is 1.00. The van der Waals surface area contributed by atoms with Crippen molar-refractivity contribution in [2.45, 2.75) is 80.1 Å². The van der Waals surface area contributed by atoms with Gasteiger partial charge in [-0.1, -0.05) is 101 Å². The molecule has 0 aliphatic heterocycles. The van der Waals surface area contributed by atoms with E-state index in [1.165, 1.54) is 43.2 Å². The van der Waals surface area contributed by atoms with Gasteiger partial charge >= 0.3 is 0 Å². The van der Waals surface area contributed by atoms with Crippen LogP contribution in [-0.2, 0) is 0 Å². The van der Waals surface area contributed by atoms with Crippen molar-refractivity contribution < 1.29 is 0 Å². The van der Waals surface area contributed by atoms with Gasteiger partial charge in [0.1, 0.15) is 0 Å². The van der Waals surface area contributed by atoms with Crippen molar-refractivity contribution in [3.63, 3.8) is 0 Å². The highest BCUT2D eigenvalue weighted by atomic mass is 14.1. The van der Waals surface area contributed by atoms with Gasteiger partial charge in [0.2, 0.25) is 0 Å². The van der Waals surface area contributed by atoms with Gasteiger partial charge in [-0.2, -0.15) is 0 Å². The van der Waals surface area contributed by atoms with E-state index in [1.54, 1.807) is 0 Å². The van der Waals surface area contributed by atoms with Crippen molar-refractivity contribution in [1.29, 1.82) is 0 Å². The maximum Gasteiger partial charge on any atom is -0.0354 e. The van der Waals surface area contributed by atoms with Gasteiger partial charge in [-0.15, -0.1) is 6.58 Å². The van der Waals surface area contributed by atoms with Crippen LogP contribution in [0.4, 0.5) is 0 Å². The highest BCUT2D eigenvalue weighted by Crippen LogP contribution is 2.15. The van der Waals surface area contributed by atoms with Crippen molar-refractivity contribution in [3.05, 3.63) is 48.0 Å². The van der Waals surface area contributed by atoms with Crippen LogP contribution in [0.2, 0.25) is 0 Å². The fourth-order valence-electron chi connectivity index (χ4n) is 1.72.